The van der Waals surface area contributed by atoms with E-state index >= 15 is 0 Å². The molecule has 4 heteroatoms. The number of thiophene rings is 1. The Morgan fingerprint density at radius 3 is 3.25 bits per heavy atom. The second kappa shape index (κ2) is 4.28. The maximum Gasteiger partial charge on any atom is 0.0926 e. The highest BCUT2D eigenvalue weighted by molar-refractivity contribution is 7.10. The van der Waals surface area contributed by atoms with Crippen LogP contribution in [-0.4, -0.2) is 11.5 Å². The van der Waals surface area contributed by atoms with Crippen LogP contribution < -0.4 is 5.32 Å². The van der Waals surface area contributed by atoms with Crippen LogP contribution in [0, 0.1) is 0 Å². The first-order valence-corrected chi connectivity index (χ1v) is 7.38. The largest absolute Gasteiger partial charge is 0.305 e. The van der Waals surface area contributed by atoms with E-state index in [1.807, 2.05) is 11.3 Å². The molecule has 2 aromatic heterocycles. The highest BCUT2D eigenvalue weighted by atomic mass is 32.1. The summed E-state index contributed by atoms with van der Waals surface area (Å²) in [7, 11) is 0. The van der Waals surface area contributed by atoms with Gasteiger partial charge in [0, 0.05) is 16.8 Å². The molecule has 0 saturated heterocycles. The van der Waals surface area contributed by atoms with Gasteiger partial charge in [0.2, 0.25) is 0 Å². The Bertz CT molecular complexity index is 487. The number of rotatable bonds is 2. The summed E-state index contributed by atoms with van der Waals surface area (Å²) in [5.74, 6) is 0. The van der Waals surface area contributed by atoms with Crippen LogP contribution in [-0.2, 0) is 12.8 Å². The molecule has 1 unspecified atom stereocenters. The summed E-state index contributed by atoms with van der Waals surface area (Å²) in [6, 6.07) is 2.56. The van der Waals surface area contributed by atoms with E-state index in [9.17, 15) is 0 Å². The minimum atomic E-state index is 0.326. The fourth-order valence-electron chi connectivity index (χ4n) is 2.13. The maximum absolute atomic E-state index is 4.69. The van der Waals surface area contributed by atoms with Crippen LogP contribution in [0.1, 0.15) is 34.1 Å². The lowest BCUT2D eigenvalue weighted by Crippen LogP contribution is -2.29. The van der Waals surface area contributed by atoms with Crippen molar-refractivity contribution >= 4 is 22.7 Å². The minimum absolute atomic E-state index is 0.326. The molecule has 1 aliphatic heterocycles. The molecule has 0 aliphatic carbocycles. The van der Waals surface area contributed by atoms with Gasteiger partial charge in [-0.25, -0.2) is 4.98 Å². The molecule has 0 saturated carbocycles. The van der Waals surface area contributed by atoms with Crippen molar-refractivity contribution in [1.29, 1.82) is 0 Å². The maximum atomic E-state index is 4.69. The normalized spacial score (nSPS) is 19.7. The average Bonchev–Trinajstić information content (AvgIpc) is 2.97. The van der Waals surface area contributed by atoms with Crippen molar-refractivity contribution in [2.24, 2.45) is 0 Å². The average molecular weight is 250 g/mol. The molecule has 0 spiro atoms. The molecule has 0 radical (unpaired) electrons. The molecule has 3 rings (SSSR count). The van der Waals surface area contributed by atoms with Crippen molar-refractivity contribution in [2.75, 3.05) is 6.54 Å². The second-order valence-electron chi connectivity index (χ2n) is 3.96. The van der Waals surface area contributed by atoms with Gasteiger partial charge in [0.15, 0.2) is 0 Å². The van der Waals surface area contributed by atoms with E-state index in [-0.39, 0.29) is 0 Å². The fourth-order valence-corrected chi connectivity index (χ4v) is 3.83. The first kappa shape index (κ1) is 10.4. The van der Waals surface area contributed by atoms with Gasteiger partial charge in [-0.15, -0.1) is 22.7 Å². The van der Waals surface area contributed by atoms with E-state index < -0.39 is 0 Å². The molecule has 3 heterocycles. The van der Waals surface area contributed by atoms with Gasteiger partial charge in [0.05, 0.1) is 16.7 Å². The van der Waals surface area contributed by atoms with Crippen molar-refractivity contribution in [3.05, 3.63) is 38.0 Å². The van der Waals surface area contributed by atoms with Gasteiger partial charge in [-0.3, -0.25) is 0 Å². The quantitative estimate of drug-likeness (QED) is 0.886. The summed E-state index contributed by atoms with van der Waals surface area (Å²) in [6.07, 6.45) is 2.20. The summed E-state index contributed by atoms with van der Waals surface area (Å²) in [4.78, 5) is 6.21. The van der Waals surface area contributed by atoms with Crippen molar-refractivity contribution in [1.82, 2.24) is 10.3 Å². The number of nitrogens with one attached hydrogen (secondary N) is 1. The first-order valence-electron chi connectivity index (χ1n) is 5.62. The van der Waals surface area contributed by atoms with Crippen LogP contribution in [0.2, 0.25) is 0 Å². The van der Waals surface area contributed by atoms with E-state index in [0.717, 1.165) is 19.4 Å². The van der Waals surface area contributed by atoms with E-state index in [0.29, 0.717) is 6.04 Å². The Balaban J connectivity index is 1.97. The number of aryl methyl sites for hydroxylation is 1. The van der Waals surface area contributed by atoms with Crippen LogP contribution in [0.3, 0.4) is 0 Å². The summed E-state index contributed by atoms with van der Waals surface area (Å²) < 4.78 is 0. The molecular weight excluding hydrogens is 236 g/mol. The molecule has 2 aromatic rings. The fraction of sp³-hybridized carbons (Fsp3) is 0.417. The number of hydrogen-bond acceptors (Lipinski definition) is 4. The predicted molar refractivity (Wildman–Crippen MR) is 69.4 cm³/mol. The van der Waals surface area contributed by atoms with E-state index in [4.69, 9.17) is 4.98 Å². The Kier molecular flexibility index (Phi) is 2.79. The smallest absolute Gasteiger partial charge is 0.0926 e. The SMILES string of the molecule is CCc1nc(C2NCCc3sccc32)cs1. The molecular formula is C12H14N2S2. The van der Waals surface area contributed by atoms with E-state index in [1.54, 1.807) is 11.3 Å². The molecule has 1 atom stereocenters. The van der Waals surface area contributed by atoms with Gasteiger partial charge in [0.25, 0.3) is 0 Å². The van der Waals surface area contributed by atoms with E-state index in [1.165, 1.54) is 21.1 Å². The molecule has 2 nitrogen and oxygen atoms in total. The van der Waals surface area contributed by atoms with Gasteiger partial charge < -0.3 is 5.32 Å². The molecule has 0 aromatic carbocycles. The van der Waals surface area contributed by atoms with Gasteiger partial charge in [-0.1, -0.05) is 6.92 Å². The van der Waals surface area contributed by atoms with Crippen LogP contribution in [0.25, 0.3) is 0 Å². The van der Waals surface area contributed by atoms with Crippen molar-refractivity contribution in [3.8, 4) is 0 Å². The monoisotopic (exact) mass is 250 g/mol. The van der Waals surface area contributed by atoms with E-state index in [2.05, 4.69) is 29.1 Å². The van der Waals surface area contributed by atoms with Crippen molar-refractivity contribution in [2.45, 2.75) is 25.8 Å². The van der Waals surface area contributed by atoms with Gasteiger partial charge in [0.1, 0.15) is 0 Å². The number of aromatic nitrogens is 1. The Morgan fingerprint density at radius 1 is 1.50 bits per heavy atom. The topological polar surface area (TPSA) is 24.9 Å². The van der Waals surface area contributed by atoms with Crippen LogP contribution >= 0.6 is 22.7 Å². The molecule has 0 bridgehead atoms. The molecule has 16 heavy (non-hydrogen) atoms. The molecule has 0 fully saturated rings. The summed E-state index contributed by atoms with van der Waals surface area (Å²) in [5.41, 5.74) is 2.63. The minimum Gasteiger partial charge on any atom is -0.305 e. The summed E-state index contributed by atoms with van der Waals surface area (Å²) in [5, 5.41) is 9.19. The van der Waals surface area contributed by atoms with Crippen LogP contribution in [0.15, 0.2) is 16.8 Å². The number of fused-ring (bicyclic) bond motifs is 1. The Hall–Kier alpha value is -0.710. The lowest BCUT2D eigenvalue weighted by Gasteiger charge is -2.22. The summed E-state index contributed by atoms with van der Waals surface area (Å²) in [6.45, 7) is 3.23. The molecule has 0 amide bonds. The number of thiazole rings is 1. The molecule has 1 N–H and O–H groups in total. The zero-order chi connectivity index (χ0) is 11.0. The van der Waals surface area contributed by atoms with Gasteiger partial charge in [-0.2, -0.15) is 0 Å². The molecule has 1 aliphatic rings. The third kappa shape index (κ3) is 1.71. The zero-order valence-electron chi connectivity index (χ0n) is 9.19. The van der Waals surface area contributed by atoms with Crippen LogP contribution in [0.4, 0.5) is 0 Å². The third-order valence-corrected chi connectivity index (χ3v) is 4.97. The van der Waals surface area contributed by atoms with Gasteiger partial charge in [-0.05, 0) is 29.9 Å². The molecule has 84 valence electrons. The first-order chi connectivity index (χ1) is 7.88. The Morgan fingerprint density at radius 2 is 2.44 bits per heavy atom. The highest BCUT2D eigenvalue weighted by Crippen LogP contribution is 2.32. The lowest BCUT2D eigenvalue weighted by molar-refractivity contribution is 0.564. The van der Waals surface area contributed by atoms with Crippen molar-refractivity contribution < 1.29 is 0 Å². The standard InChI is InChI=1S/C12H14N2S2/c1-2-11-14-9(7-16-11)12-8-4-6-15-10(8)3-5-13-12/h4,6-7,12-13H,2-3,5H2,1H3. The number of hydrogen-bond donors (Lipinski definition) is 1. The Labute approximate surface area is 103 Å². The highest BCUT2D eigenvalue weighted by Gasteiger charge is 2.23. The third-order valence-electron chi connectivity index (χ3n) is 2.96. The lowest BCUT2D eigenvalue weighted by atomic mass is 10.0. The number of nitrogens with zero attached hydrogens (tertiary/aromatic N) is 1. The van der Waals surface area contributed by atoms with Gasteiger partial charge >= 0.3 is 0 Å². The second-order valence-corrected chi connectivity index (χ2v) is 5.90. The van der Waals surface area contributed by atoms with Crippen molar-refractivity contribution in [3.63, 3.8) is 0 Å². The zero-order valence-corrected chi connectivity index (χ0v) is 10.8. The van der Waals surface area contributed by atoms with Crippen LogP contribution in [0.5, 0.6) is 0 Å². The summed E-state index contributed by atoms with van der Waals surface area (Å²) >= 11 is 3.64. The predicted octanol–water partition coefficient (Wildman–Crippen LogP) is 3.00.